The van der Waals surface area contributed by atoms with Crippen molar-refractivity contribution in [2.24, 2.45) is 5.73 Å². The molecule has 0 radical (unpaired) electrons. The van der Waals surface area contributed by atoms with Gasteiger partial charge in [-0.25, -0.2) is 4.79 Å². The molecule has 198 valence electrons. The number of rotatable bonds is 3. The Bertz CT molecular complexity index is 1510. The summed E-state index contributed by atoms with van der Waals surface area (Å²) in [5, 5.41) is 2.01. The third-order valence-corrected chi connectivity index (χ3v) is 8.02. The lowest BCUT2D eigenvalue weighted by molar-refractivity contribution is -0.173. The van der Waals surface area contributed by atoms with Gasteiger partial charge in [0, 0.05) is 27.9 Å². The van der Waals surface area contributed by atoms with Crippen LogP contribution in [-0.2, 0) is 5.75 Å². The van der Waals surface area contributed by atoms with E-state index in [-0.39, 0.29) is 0 Å². The molecule has 0 bridgehead atoms. The first kappa shape index (κ1) is 26.0. The van der Waals surface area contributed by atoms with E-state index in [1.807, 2.05) is 24.3 Å². The number of thioether (sulfide) groups is 1. The molecule has 1 aromatic heterocycles. The molecule has 3 aromatic rings. The number of primary amides is 1. The van der Waals surface area contributed by atoms with Crippen LogP contribution in [0.5, 0.6) is 5.75 Å². The number of carbonyl (C=O) groups excluding carboxylic acids is 2. The fourth-order valence-corrected chi connectivity index (χ4v) is 6.15. The van der Waals surface area contributed by atoms with Crippen molar-refractivity contribution in [3.8, 4) is 5.75 Å². The van der Waals surface area contributed by atoms with Crippen molar-refractivity contribution in [1.29, 1.82) is 0 Å². The fraction of sp³-hybridized carbons (Fsp3) is 0.240. The lowest BCUT2D eigenvalue weighted by Gasteiger charge is -2.46. The molecule has 0 aliphatic carbocycles. The molecule has 2 atom stereocenters. The van der Waals surface area contributed by atoms with Gasteiger partial charge in [0.05, 0.1) is 6.04 Å². The van der Waals surface area contributed by atoms with Gasteiger partial charge in [-0.3, -0.25) is 19.3 Å². The Labute approximate surface area is 223 Å². The van der Waals surface area contributed by atoms with Crippen molar-refractivity contribution in [2.75, 3.05) is 11.7 Å². The average Bonchev–Trinajstić information content (AvgIpc) is 3.02. The molecule has 2 amide bonds. The van der Waals surface area contributed by atoms with Crippen LogP contribution in [0.4, 0.5) is 18.0 Å². The van der Waals surface area contributed by atoms with Crippen LogP contribution >= 0.6 is 23.4 Å². The van der Waals surface area contributed by atoms with Gasteiger partial charge < -0.3 is 15.4 Å². The zero-order chi connectivity index (χ0) is 27.4. The highest BCUT2D eigenvalue weighted by atomic mass is 35.5. The molecule has 13 heteroatoms. The number of nitrogens with zero attached hydrogens (tertiary/aromatic N) is 3. The lowest BCUT2D eigenvalue weighted by atomic mass is 9.94. The minimum atomic E-state index is -4.78. The Hall–Kier alpha value is -3.64. The van der Waals surface area contributed by atoms with Gasteiger partial charge in [0.15, 0.2) is 5.69 Å². The number of ether oxygens (including phenoxy) is 1. The van der Waals surface area contributed by atoms with Gasteiger partial charge in [0.25, 0.3) is 5.91 Å². The number of amides is 2. The number of hydrogen-bond donors (Lipinski definition) is 1. The van der Waals surface area contributed by atoms with Crippen LogP contribution in [0.1, 0.15) is 40.1 Å². The maximum Gasteiger partial charge on any atom is 0.410 e. The van der Waals surface area contributed by atoms with E-state index in [9.17, 15) is 27.6 Å². The van der Waals surface area contributed by atoms with Gasteiger partial charge in [-0.05, 0) is 35.7 Å². The molecule has 0 spiro atoms. The second-order valence-corrected chi connectivity index (χ2v) is 10.2. The number of nitrogens with two attached hydrogens (primary N) is 1. The highest BCUT2D eigenvalue weighted by molar-refractivity contribution is 7.98. The second-order valence-electron chi connectivity index (χ2n) is 8.73. The monoisotopic (exact) mass is 564 g/mol. The number of halogens is 4. The summed E-state index contributed by atoms with van der Waals surface area (Å²) in [6.45, 7) is 0.351. The fourth-order valence-electron chi connectivity index (χ4n) is 4.68. The van der Waals surface area contributed by atoms with E-state index in [1.54, 1.807) is 18.2 Å². The Kier molecular flexibility index (Phi) is 6.56. The van der Waals surface area contributed by atoms with Crippen LogP contribution in [0.15, 0.2) is 64.4 Å². The normalized spacial score (nSPS) is 17.7. The predicted octanol–water partition coefficient (Wildman–Crippen LogP) is 4.66. The molecule has 2 N–H and O–H groups in total. The van der Waals surface area contributed by atoms with Gasteiger partial charge in [0.1, 0.15) is 12.7 Å². The van der Waals surface area contributed by atoms with Crippen molar-refractivity contribution in [3.05, 3.63) is 92.4 Å². The molecular weight excluding hydrogens is 545 g/mol. The first-order chi connectivity index (χ1) is 18.0. The van der Waals surface area contributed by atoms with Crippen LogP contribution in [-0.4, -0.2) is 40.5 Å². The van der Waals surface area contributed by atoms with E-state index in [1.165, 1.54) is 27.6 Å². The predicted molar refractivity (Wildman–Crippen MR) is 135 cm³/mol. The maximum atomic E-state index is 13.9. The van der Waals surface area contributed by atoms with Gasteiger partial charge in [-0.2, -0.15) is 13.2 Å². The molecule has 0 fully saturated rings. The molecule has 2 aliphatic heterocycles. The summed E-state index contributed by atoms with van der Waals surface area (Å²) < 4.78 is 47.9. The number of benzene rings is 2. The summed E-state index contributed by atoms with van der Waals surface area (Å²) in [4.78, 5) is 39.2. The summed E-state index contributed by atoms with van der Waals surface area (Å²) in [5.41, 5.74) is 5.96. The number of pyridine rings is 1. The van der Waals surface area contributed by atoms with E-state index in [2.05, 4.69) is 0 Å². The van der Waals surface area contributed by atoms with Gasteiger partial charge >= 0.3 is 12.3 Å². The summed E-state index contributed by atoms with van der Waals surface area (Å²) in [5.74, 6) is -1.38. The van der Waals surface area contributed by atoms with Crippen molar-refractivity contribution in [3.63, 3.8) is 0 Å². The summed E-state index contributed by atoms with van der Waals surface area (Å²) in [6.07, 6.45) is -4.89. The second kappa shape index (κ2) is 9.59. The molecule has 5 rings (SSSR count). The van der Waals surface area contributed by atoms with Gasteiger partial charge in [-0.15, -0.1) is 11.8 Å². The number of aromatic nitrogens is 1. The first-order valence-electron chi connectivity index (χ1n) is 11.4. The number of hydrogen-bond acceptors (Lipinski definition) is 6. The zero-order valence-corrected chi connectivity index (χ0v) is 21.3. The SMILES string of the molecule is C[C@@H](N1CN([C@@H]2c3ccccc3SCc3c(Cl)cccc32)n2ccc(=O)c(OC(N)=O)c2C1=O)C(F)(F)F. The first-order valence-corrected chi connectivity index (χ1v) is 12.7. The molecule has 2 aliphatic rings. The van der Waals surface area contributed by atoms with Crippen LogP contribution in [0, 0.1) is 0 Å². The maximum absolute atomic E-state index is 13.9. The summed E-state index contributed by atoms with van der Waals surface area (Å²) in [7, 11) is 0. The molecular formula is C25H20ClF3N4O4S. The highest BCUT2D eigenvalue weighted by Crippen LogP contribution is 2.45. The van der Waals surface area contributed by atoms with E-state index in [0.717, 1.165) is 29.0 Å². The van der Waals surface area contributed by atoms with E-state index in [0.29, 0.717) is 21.2 Å². The van der Waals surface area contributed by atoms with Crippen LogP contribution in [0.3, 0.4) is 0 Å². The molecule has 2 aromatic carbocycles. The minimum absolute atomic E-state index is 0.485. The highest BCUT2D eigenvalue weighted by Gasteiger charge is 2.48. The summed E-state index contributed by atoms with van der Waals surface area (Å²) >= 11 is 8.09. The third-order valence-electron chi connectivity index (χ3n) is 6.55. The zero-order valence-electron chi connectivity index (χ0n) is 19.7. The molecule has 0 saturated carbocycles. The molecule has 0 unspecified atom stereocenters. The quantitative estimate of drug-likeness (QED) is 0.497. The number of alkyl halides is 3. The van der Waals surface area contributed by atoms with E-state index < -0.39 is 53.8 Å². The third kappa shape index (κ3) is 4.37. The molecule has 8 nitrogen and oxygen atoms in total. The van der Waals surface area contributed by atoms with Gasteiger partial charge in [-0.1, -0.05) is 41.9 Å². The topological polar surface area (TPSA) is 97.9 Å². The standard InChI is InChI=1S/C25H20ClF3N4O4S/c1-13(25(27,28)29)31-12-33(32-10-9-18(34)22(37-24(30)36)21(32)23(31)35)20-14-6-4-7-17(26)16(14)11-38-19-8-3-2-5-15(19)20/h2-10,13,20H,11-12H2,1H3,(H2,30,36)/t13-,20+/m1/s1. The molecule has 0 saturated heterocycles. The number of fused-ring (bicyclic) bond motifs is 3. The van der Waals surface area contributed by atoms with Gasteiger partial charge in [0.2, 0.25) is 11.2 Å². The molecule has 3 heterocycles. The van der Waals surface area contributed by atoms with Crippen LogP contribution in [0.2, 0.25) is 5.02 Å². The minimum Gasteiger partial charge on any atom is -0.404 e. The van der Waals surface area contributed by atoms with Crippen LogP contribution in [0.25, 0.3) is 0 Å². The van der Waals surface area contributed by atoms with E-state index in [4.69, 9.17) is 22.1 Å². The van der Waals surface area contributed by atoms with Crippen LogP contribution < -0.4 is 20.9 Å². The number of carbonyl (C=O) groups is 2. The average molecular weight is 565 g/mol. The Balaban J connectivity index is 1.81. The lowest BCUT2D eigenvalue weighted by Crippen LogP contribution is -2.60. The van der Waals surface area contributed by atoms with Crippen molar-refractivity contribution < 1.29 is 27.5 Å². The van der Waals surface area contributed by atoms with Crippen molar-refractivity contribution in [2.45, 2.75) is 35.8 Å². The van der Waals surface area contributed by atoms with Crippen molar-refractivity contribution in [1.82, 2.24) is 9.58 Å². The van der Waals surface area contributed by atoms with Crippen molar-refractivity contribution >= 4 is 35.4 Å². The Morgan fingerprint density at radius 1 is 1.13 bits per heavy atom. The Morgan fingerprint density at radius 3 is 2.55 bits per heavy atom. The van der Waals surface area contributed by atoms with E-state index >= 15 is 0 Å². The summed E-state index contributed by atoms with van der Waals surface area (Å²) in [6, 6.07) is 10.8. The largest absolute Gasteiger partial charge is 0.410 e. The Morgan fingerprint density at radius 2 is 1.84 bits per heavy atom. The smallest absolute Gasteiger partial charge is 0.404 e. The molecule has 38 heavy (non-hydrogen) atoms.